The summed E-state index contributed by atoms with van der Waals surface area (Å²) in [6.07, 6.45) is 0. The van der Waals surface area contributed by atoms with Crippen LogP contribution in [0.5, 0.6) is 5.75 Å². The number of carboxylic acid groups (broad SMARTS) is 1. The molecule has 1 aromatic rings. The molecule has 0 unspecified atom stereocenters. The van der Waals surface area contributed by atoms with Crippen molar-refractivity contribution in [2.24, 2.45) is 0 Å². The molecule has 0 aliphatic rings. The van der Waals surface area contributed by atoms with Crippen molar-refractivity contribution in [2.75, 3.05) is 19.0 Å². The summed E-state index contributed by atoms with van der Waals surface area (Å²) in [7, 11) is 1.51. The zero-order valence-electron chi connectivity index (χ0n) is 9.10. The highest BCUT2D eigenvalue weighted by atomic mass is 16.7. The highest BCUT2D eigenvalue weighted by Gasteiger charge is 2.03. The Bertz CT molecular complexity index is 407. The Morgan fingerprint density at radius 3 is 2.82 bits per heavy atom. The summed E-state index contributed by atoms with van der Waals surface area (Å²) in [5.41, 5.74) is 2.43. The summed E-state index contributed by atoms with van der Waals surface area (Å²) in [4.78, 5) is 25.7. The van der Waals surface area contributed by atoms with E-state index in [1.54, 1.807) is 24.3 Å². The van der Waals surface area contributed by atoms with E-state index in [1.807, 2.05) is 5.48 Å². The van der Waals surface area contributed by atoms with Gasteiger partial charge in [-0.1, -0.05) is 6.07 Å². The van der Waals surface area contributed by atoms with Crippen LogP contribution in [0.1, 0.15) is 0 Å². The van der Waals surface area contributed by atoms with Crippen molar-refractivity contribution in [1.82, 2.24) is 5.48 Å². The molecule has 0 aliphatic heterocycles. The number of methoxy groups -OCH3 is 1. The molecule has 0 atom stereocenters. The molecule has 1 aromatic carbocycles. The number of carbonyl (C=O) groups is 2. The first kappa shape index (κ1) is 12.8. The summed E-state index contributed by atoms with van der Waals surface area (Å²) < 4.78 is 4.97. The molecular formula is C10H12N2O5. The first-order valence-corrected chi connectivity index (χ1v) is 4.66. The number of amides is 2. The molecule has 0 fully saturated rings. The molecule has 3 N–H and O–H groups in total. The van der Waals surface area contributed by atoms with Gasteiger partial charge in [0.2, 0.25) is 0 Å². The van der Waals surface area contributed by atoms with Crippen molar-refractivity contribution in [3.63, 3.8) is 0 Å². The Balaban J connectivity index is 2.42. The molecule has 0 saturated heterocycles. The van der Waals surface area contributed by atoms with Crippen LogP contribution >= 0.6 is 0 Å². The van der Waals surface area contributed by atoms with Crippen LogP contribution in [0.25, 0.3) is 0 Å². The van der Waals surface area contributed by atoms with Gasteiger partial charge in [-0.3, -0.25) is 4.84 Å². The fourth-order valence-electron chi connectivity index (χ4n) is 1.02. The third-order valence-corrected chi connectivity index (χ3v) is 1.69. The zero-order valence-corrected chi connectivity index (χ0v) is 9.10. The predicted octanol–water partition coefficient (Wildman–Crippen LogP) is 0.833. The number of carboxylic acids is 1. The van der Waals surface area contributed by atoms with Gasteiger partial charge in [0.15, 0.2) is 6.61 Å². The van der Waals surface area contributed by atoms with Gasteiger partial charge < -0.3 is 15.2 Å². The third-order valence-electron chi connectivity index (χ3n) is 1.69. The highest BCUT2D eigenvalue weighted by molar-refractivity contribution is 5.88. The van der Waals surface area contributed by atoms with E-state index < -0.39 is 18.6 Å². The maximum absolute atomic E-state index is 11.2. The van der Waals surface area contributed by atoms with E-state index in [0.717, 1.165) is 0 Å². The molecular weight excluding hydrogens is 228 g/mol. The normalized spacial score (nSPS) is 9.47. The van der Waals surface area contributed by atoms with E-state index in [9.17, 15) is 9.59 Å². The number of carbonyl (C=O) groups excluding carboxylic acids is 1. The number of nitrogens with one attached hydrogen (secondary N) is 2. The van der Waals surface area contributed by atoms with Crippen LogP contribution in [0.4, 0.5) is 10.5 Å². The van der Waals surface area contributed by atoms with Gasteiger partial charge in [-0.2, -0.15) is 0 Å². The minimum Gasteiger partial charge on any atom is -0.497 e. The Labute approximate surface area is 97.3 Å². The summed E-state index contributed by atoms with van der Waals surface area (Å²) in [5, 5.41) is 10.7. The monoisotopic (exact) mass is 240 g/mol. The lowest BCUT2D eigenvalue weighted by Crippen LogP contribution is -2.30. The van der Waals surface area contributed by atoms with E-state index in [-0.39, 0.29) is 0 Å². The van der Waals surface area contributed by atoms with E-state index in [0.29, 0.717) is 11.4 Å². The Hall–Kier alpha value is -2.28. The number of rotatable bonds is 5. The minimum atomic E-state index is -1.17. The van der Waals surface area contributed by atoms with Gasteiger partial charge in [-0.05, 0) is 12.1 Å². The maximum Gasteiger partial charge on any atom is 0.343 e. The van der Waals surface area contributed by atoms with Crippen LogP contribution < -0.4 is 15.5 Å². The van der Waals surface area contributed by atoms with Crippen LogP contribution in [-0.4, -0.2) is 30.8 Å². The number of hydrogen-bond acceptors (Lipinski definition) is 4. The maximum atomic E-state index is 11.2. The van der Waals surface area contributed by atoms with Gasteiger partial charge in [0.1, 0.15) is 5.75 Å². The van der Waals surface area contributed by atoms with E-state index in [2.05, 4.69) is 10.2 Å². The molecule has 7 nitrogen and oxygen atoms in total. The summed E-state index contributed by atoms with van der Waals surface area (Å²) in [6, 6.07) is 6.02. The van der Waals surface area contributed by atoms with Gasteiger partial charge >= 0.3 is 12.0 Å². The molecule has 2 amide bonds. The lowest BCUT2D eigenvalue weighted by Gasteiger charge is -2.07. The van der Waals surface area contributed by atoms with Crippen LogP contribution in [0.15, 0.2) is 24.3 Å². The van der Waals surface area contributed by atoms with Gasteiger partial charge in [-0.25, -0.2) is 15.1 Å². The van der Waals surface area contributed by atoms with Crippen molar-refractivity contribution < 1.29 is 24.3 Å². The lowest BCUT2D eigenvalue weighted by atomic mass is 10.3. The predicted molar refractivity (Wildman–Crippen MR) is 58.7 cm³/mol. The topological polar surface area (TPSA) is 96.9 Å². The Morgan fingerprint density at radius 1 is 1.41 bits per heavy atom. The molecule has 7 heteroatoms. The van der Waals surface area contributed by atoms with Crippen LogP contribution in [0, 0.1) is 0 Å². The number of benzene rings is 1. The molecule has 17 heavy (non-hydrogen) atoms. The molecule has 1 rings (SSSR count). The second-order valence-electron chi connectivity index (χ2n) is 2.97. The fraction of sp³-hybridized carbons (Fsp3) is 0.200. The van der Waals surface area contributed by atoms with Crippen molar-refractivity contribution in [3.05, 3.63) is 24.3 Å². The van der Waals surface area contributed by atoms with Crippen molar-refractivity contribution in [3.8, 4) is 5.75 Å². The number of aliphatic carboxylic acids is 1. The molecule has 0 saturated carbocycles. The molecule has 0 heterocycles. The molecule has 0 aliphatic carbocycles. The number of anilines is 1. The Morgan fingerprint density at radius 2 is 2.18 bits per heavy atom. The second-order valence-corrected chi connectivity index (χ2v) is 2.97. The summed E-state index contributed by atoms with van der Waals surface area (Å²) in [5.74, 6) is -0.582. The van der Waals surface area contributed by atoms with Gasteiger partial charge in [0, 0.05) is 11.8 Å². The number of hydrogen-bond donors (Lipinski definition) is 3. The van der Waals surface area contributed by atoms with Crippen LogP contribution in [0.3, 0.4) is 0 Å². The fourth-order valence-corrected chi connectivity index (χ4v) is 1.02. The van der Waals surface area contributed by atoms with E-state index in [4.69, 9.17) is 9.84 Å². The zero-order chi connectivity index (χ0) is 12.7. The van der Waals surface area contributed by atoms with Crippen molar-refractivity contribution in [1.29, 1.82) is 0 Å². The first-order valence-electron chi connectivity index (χ1n) is 4.66. The molecule has 92 valence electrons. The molecule has 0 spiro atoms. The Kier molecular flexibility index (Phi) is 4.77. The molecule has 0 bridgehead atoms. The quantitative estimate of drug-likeness (QED) is 0.662. The molecule has 0 aromatic heterocycles. The lowest BCUT2D eigenvalue weighted by molar-refractivity contribution is -0.143. The number of ether oxygens (including phenoxy) is 1. The summed E-state index contributed by atoms with van der Waals surface area (Å²) in [6.45, 7) is -0.606. The highest BCUT2D eigenvalue weighted by Crippen LogP contribution is 2.16. The number of urea groups is 1. The third kappa shape index (κ3) is 4.85. The largest absolute Gasteiger partial charge is 0.497 e. The van der Waals surface area contributed by atoms with Crippen molar-refractivity contribution >= 4 is 17.7 Å². The SMILES string of the molecule is COc1cccc(NC(=O)NOCC(=O)O)c1. The van der Waals surface area contributed by atoms with E-state index in [1.165, 1.54) is 7.11 Å². The van der Waals surface area contributed by atoms with Crippen LogP contribution in [-0.2, 0) is 9.63 Å². The van der Waals surface area contributed by atoms with Gasteiger partial charge in [0.25, 0.3) is 0 Å². The standard InChI is InChI=1S/C10H12N2O5/c1-16-8-4-2-3-7(5-8)11-10(15)12-17-6-9(13)14/h2-5H,6H2,1H3,(H,13,14)(H2,11,12,15). The van der Waals surface area contributed by atoms with Gasteiger partial charge in [-0.15, -0.1) is 0 Å². The van der Waals surface area contributed by atoms with Crippen molar-refractivity contribution in [2.45, 2.75) is 0 Å². The average molecular weight is 240 g/mol. The second kappa shape index (κ2) is 6.33. The van der Waals surface area contributed by atoms with E-state index >= 15 is 0 Å². The average Bonchev–Trinajstić information content (AvgIpc) is 2.28. The first-order chi connectivity index (χ1) is 8.11. The number of hydroxylamine groups is 1. The molecule has 0 radical (unpaired) electrons. The smallest absolute Gasteiger partial charge is 0.343 e. The van der Waals surface area contributed by atoms with Crippen LogP contribution in [0.2, 0.25) is 0 Å². The summed E-state index contributed by atoms with van der Waals surface area (Å²) >= 11 is 0. The minimum absolute atomic E-state index is 0.501. The van der Waals surface area contributed by atoms with Gasteiger partial charge in [0.05, 0.1) is 7.11 Å².